The molecule has 1 aliphatic heterocycles. The van der Waals surface area contributed by atoms with Crippen molar-refractivity contribution < 1.29 is 19.4 Å². The summed E-state index contributed by atoms with van der Waals surface area (Å²) in [4.78, 5) is 28.7. The second-order valence-corrected chi connectivity index (χ2v) is 8.14. The van der Waals surface area contributed by atoms with E-state index in [-0.39, 0.29) is 5.78 Å². The molecule has 156 valence electrons. The number of carbonyl (C=O) groups is 2. The van der Waals surface area contributed by atoms with Crippen LogP contribution in [0.25, 0.3) is 0 Å². The lowest BCUT2D eigenvalue weighted by molar-refractivity contribution is -0.140. The maximum absolute atomic E-state index is 13.6. The molecule has 0 saturated carbocycles. The van der Waals surface area contributed by atoms with Crippen molar-refractivity contribution in [1.82, 2.24) is 0 Å². The number of Topliss-reactive ketones (excluding diaryl/α,β-unsaturated/α-hetero) is 1. The van der Waals surface area contributed by atoms with Gasteiger partial charge in [-0.15, -0.1) is 0 Å². The quantitative estimate of drug-likeness (QED) is 0.705. The number of methoxy groups -OCH3 is 1. The lowest BCUT2D eigenvalue weighted by atomic mass is 9.71. The molecule has 31 heavy (non-hydrogen) atoms. The summed E-state index contributed by atoms with van der Waals surface area (Å²) >= 11 is 0. The standard InChI is InChI=1S/C26H23NO4/c1-31-19-12-13-20-18(15-19)11-14-22(24(20)28)26(30)21-9-5-6-10-23(21)27(25(26)29)16-17-7-3-2-4-8-17/h2-10,12-13,15,22,30H,11,14,16H2,1H3. The third-order valence-corrected chi connectivity index (χ3v) is 6.46. The summed E-state index contributed by atoms with van der Waals surface area (Å²) in [5, 5.41) is 11.8. The lowest BCUT2D eigenvalue weighted by Crippen LogP contribution is -2.49. The van der Waals surface area contributed by atoms with Crippen LogP contribution in [0.1, 0.15) is 33.5 Å². The van der Waals surface area contributed by atoms with E-state index >= 15 is 0 Å². The van der Waals surface area contributed by atoms with Gasteiger partial charge in [0.15, 0.2) is 11.4 Å². The fourth-order valence-electron chi connectivity index (χ4n) is 4.88. The van der Waals surface area contributed by atoms with Crippen LogP contribution in [0, 0.1) is 5.92 Å². The molecule has 1 N–H and O–H groups in total. The fraction of sp³-hybridized carbons (Fsp3) is 0.231. The molecule has 3 aromatic carbocycles. The zero-order chi connectivity index (χ0) is 21.6. The van der Waals surface area contributed by atoms with Crippen molar-refractivity contribution in [1.29, 1.82) is 0 Å². The van der Waals surface area contributed by atoms with Crippen LogP contribution in [0.15, 0.2) is 72.8 Å². The second-order valence-electron chi connectivity index (χ2n) is 8.14. The lowest BCUT2D eigenvalue weighted by Gasteiger charge is -2.34. The minimum Gasteiger partial charge on any atom is -0.497 e. The van der Waals surface area contributed by atoms with E-state index in [0.29, 0.717) is 42.0 Å². The van der Waals surface area contributed by atoms with E-state index in [1.54, 1.807) is 36.3 Å². The van der Waals surface area contributed by atoms with Gasteiger partial charge in [-0.1, -0.05) is 48.5 Å². The SMILES string of the molecule is COc1ccc2c(c1)CCC(C1(O)C(=O)N(Cc3ccccc3)c3ccccc31)C2=O. The third kappa shape index (κ3) is 2.96. The number of hydrogen-bond donors (Lipinski definition) is 1. The van der Waals surface area contributed by atoms with E-state index in [0.717, 1.165) is 11.1 Å². The van der Waals surface area contributed by atoms with Gasteiger partial charge in [-0.05, 0) is 48.2 Å². The largest absolute Gasteiger partial charge is 0.497 e. The van der Waals surface area contributed by atoms with Gasteiger partial charge in [-0.25, -0.2) is 0 Å². The Hall–Kier alpha value is -3.44. The first-order valence-electron chi connectivity index (χ1n) is 10.4. The third-order valence-electron chi connectivity index (χ3n) is 6.46. The number of nitrogens with zero attached hydrogens (tertiary/aromatic N) is 1. The number of ether oxygens (including phenoxy) is 1. The van der Waals surface area contributed by atoms with Crippen LogP contribution in [0.5, 0.6) is 5.75 Å². The monoisotopic (exact) mass is 413 g/mol. The Balaban J connectivity index is 1.55. The van der Waals surface area contributed by atoms with Crippen LogP contribution in [0.2, 0.25) is 0 Å². The average molecular weight is 413 g/mol. The summed E-state index contributed by atoms with van der Waals surface area (Å²) in [5.74, 6) is -0.771. The number of rotatable bonds is 4. The first kappa shape index (κ1) is 19.5. The molecule has 1 aliphatic carbocycles. The molecule has 0 saturated heterocycles. The van der Waals surface area contributed by atoms with Crippen LogP contribution in [-0.4, -0.2) is 23.9 Å². The zero-order valence-corrected chi connectivity index (χ0v) is 17.2. The molecule has 1 amide bonds. The molecule has 0 spiro atoms. The number of amides is 1. The summed E-state index contributed by atoms with van der Waals surface area (Å²) in [6.07, 6.45) is 0.994. The highest BCUT2D eigenvalue weighted by Crippen LogP contribution is 2.48. The maximum atomic E-state index is 13.6. The maximum Gasteiger partial charge on any atom is 0.264 e. The molecule has 0 aromatic heterocycles. The molecule has 5 rings (SSSR count). The first-order chi connectivity index (χ1) is 15.0. The van der Waals surface area contributed by atoms with E-state index < -0.39 is 17.4 Å². The van der Waals surface area contributed by atoms with Gasteiger partial charge in [-0.2, -0.15) is 0 Å². The van der Waals surface area contributed by atoms with Crippen molar-refractivity contribution >= 4 is 17.4 Å². The molecular weight excluding hydrogens is 390 g/mol. The predicted octanol–water partition coefficient (Wildman–Crippen LogP) is 3.87. The van der Waals surface area contributed by atoms with Crippen molar-refractivity contribution in [2.75, 3.05) is 12.0 Å². The first-order valence-corrected chi connectivity index (χ1v) is 10.4. The van der Waals surface area contributed by atoms with E-state index in [1.807, 2.05) is 48.5 Å². The number of aryl methyl sites for hydroxylation is 1. The smallest absolute Gasteiger partial charge is 0.264 e. The fourth-order valence-corrected chi connectivity index (χ4v) is 4.88. The molecule has 2 aliphatic rings. The molecule has 2 atom stereocenters. The van der Waals surface area contributed by atoms with Gasteiger partial charge in [-0.3, -0.25) is 9.59 Å². The molecule has 2 unspecified atom stereocenters. The van der Waals surface area contributed by atoms with Gasteiger partial charge >= 0.3 is 0 Å². The van der Waals surface area contributed by atoms with E-state index in [2.05, 4.69) is 0 Å². The van der Waals surface area contributed by atoms with Crippen LogP contribution < -0.4 is 9.64 Å². The van der Waals surface area contributed by atoms with E-state index in [1.165, 1.54) is 0 Å². The average Bonchev–Trinajstić information content (AvgIpc) is 3.02. The minimum absolute atomic E-state index is 0.198. The Bertz CT molecular complexity index is 1170. The number of carbonyl (C=O) groups excluding carboxylic acids is 2. The van der Waals surface area contributed by atoms with Crippen molar-refractivity contribution in [3.63, 3.8) is 0 Å². The Morgan fingerprint density at radius 2 is 1.77 bits per heavy atom. The van der Waals surface area contributed by atoms with Crippen LogP contribution in [0.3, 0.4) is 0 Å². The molecule has 0 radical (unpaired) electrons. The Labute approximate surface area is 180 Å². The van der Waals surface area contributed by atoms with Crippen molar-refractivity contribution in [3.8, 4) is 5.75 Å². The van der Waals surface area contributed by atoms with Gasteiger partial charge in [0.25, 0.3) is 5.91 Å². The van der Waals surface area contributed by atoms with E-state index in [4.69, 9.17) is 4.74 Å². The highest BCUT2D eigenvalue weighted by molar-refractivity contribution is 6.12. The normalized spacial score (nSPS) is 22.3. The number of fused-ring (bicyclic) bond motifs is 2. The Morgan fingerprint density at radius 1 is 1.03 bits per heavy atom. The van der Waals surface area contributed by atoms with Gasteiger partial charge in [0.2, 0.25) is 0 Å². The summed E-state index contributed by atoms with van der Waals surface area (Å²) in [6.45, 7) is 0.341. The number of hydrogen-bond acceptors (Lipinski definition) is 4. The Morgan fingerprint density at radius 3 is 2.55 bits per heavy atom. The van der Waals surface area contributed by atoms with Crippen LogP contribution in [0.4, 0.5) is 5.69 Å². The van der Waals surface area contributed by atoms with Gasteiger partial charge < -0.3 is 14.7 Å². The van der Waals surface area contributed by atoms with Crippen molar-refractivity contribution in [2.45, 2.75) is 25.0 Å². The number of aliphatic hydroxyl groups is 1. The highest BCUT2D eigenvalue weighted by atomic mass is 16.5. The van der Waals surface area contributed by atoms with Crippen LogP contribution in [-0.2, 0) is 23.4 Å². The minimum atomic E-state index is -1.87. The number of para-hydroxylation sites is 1. The summed E-state index contributed by atoms with van der Waals surface area (Å²) in [5.41, 5.74) is 1.70. The number of ketones is 1. The highest BCUT2D eigenvalue weighted by Gasteiger charge is 2.57. The molecule has 0 fully saturated rings. The molecule has 1 heterocycles. The zero-order valence-electron chi connectivity index (χ0n) is 17.2. The van der Waals surface area contributed by atoms with Gasteiger partial charge in [0.05, 0.1) is 25.3 Å². The molecule has 0 bridgehead atoms. The topological polar surface area (TPSA) is 66.8 Å². The van der Waals surface area contributed by atoms with Gasteiger partial charge in [0.1, 0.15) is 5.75 Å². The molecule has 3 aromatic rings. The van der Waals surface area contributed by atoms with Crippen LogP contribution >= 0.6 is 0 Å². The van der Waals surface area contributed by atoms with Crippen molar-refractivity contribution in [2.24, 2.45) is 5.92 Å². The van der Waals surface area contributed by atoms with E-state index in [9.17, 15) is 14.7 Å². The Kier molecular flexibility index (Phi) is 4.63. The second kappa shape index (κ2) is 7.36. The predicted molar refractivity (Wildman–Crippen MR) is 117 cm³/mol. The number of benzene rings is 3. The molecule has 5 nitrogen and oxygen atoms in total. The molecular formula is C26H23NO4. The summed E-state index contributed by atoms with van der Waals surface area (Å²) in [6, 6.07) is 22.2. The molecule has 5 heteroatoms. The number of anilines is 1. The summed E-state index contributed by atoms with van der Waals surface area (Å²) in [7, 11) is 1.59. The summed E-state index contributed by atoms with van der Waals surface area (Å²) < 4.78 is 5.27. The van der Waals surface area contributed by atoms with Crippen molar-refractivity contribution in [3.05, 3.63) is 95.1 Å². The van der Waals surface area contributed by atoms with Gasteiger partial charge in [0, 0.05) is 11.1 Å².